The number of nitrogens with zero attached hydrogens (tertiary/aromatic N) is 1. The minimum atomic E-state index is -3.39. The zero-order valence-electron chi connectivity index (χ0n) is 11.1. The van der Waals surface area contributed by atoms with Gasteiger partial charge in [0.15, 0.2) is 0 Å². The van der Waals surface area contributed by atoms with Gasteiger partial charge in [-0.15, -0.1) is 0 Å². The third kappa shape index (κ3) is 2.60. The van der Waals surface area contributed by atoms with Crippen LogP contribution in [0.25, 0.3) is 0 Å². The Kier molecular flexibility index (Phi) is 4.28. The van der Waals surface area contributed by atoms with Crippen LogP contribution in [0.3, 0.4) is 0 Å². The molecule has 6 heteroatoms. The number of benzene rings is 1. The molecule has 2 aliphatic rings. The molecule has 2 fully saturated rings. The summed E-state index contributed by atoms with van der Waals surface area (Å²) >= 11 is 6.75. The first-order valence-corrected chi connectivity index (χ1v) is 9.99. The highest BCUT2D eigenvalue weighted by Gasteiger charge is 2.42. The van der Waals surface area contributed by atoms with Crippen molar-refractivity contribution in [1.29, 1.82) is 0 Å². The van der Waals surface area contributed by atoms with E-state index in [-0.39, 0.29) is 6.04 Å². The Morgan fingerprint density at radius 3 is 2.60 bits per heavy atom. The summed E-state index contributed by atoms with van der Waals surface area (Å²) in [6.45, 7) is 0.667. The van der Waals surface area contributed by atoms with Gasteiger partial charge in [-0.25, -0.2) is 8.42 Å². The maximum absolute atomic E-state index is 12.9. The van der Waals surface area contributed by atoms with E-state index in [0.717, 1.165) is 23.7 Å². The van der Waals surface area contributed by atoms with Gasteiger partial charge in [-0.1, -0.05) is 28.8 Å². The normalized spacial score (nSPS) is 27.5. The lowest BCUT2D eigenvalue weighted by Gasteiger charge is -2.31. The summed E-state index contributed by atoms with van der Waals surface area (Å²) < 4.78 is 29.1. The maximum Gasteiger partial charge on any atom is 0.244 e. The molecule has 0 radical (unpaired) electrons. The molecule has 1 aromatic rings. The van der Waals surface area contributed by atoms with Gasteiger partial charge in [0.1, 0.15) is 0 Å². The molecular formula is C14H17Br2NO2S. The van der Waals surface area contributed by atoms with Gasteiger partial charge in [-0.05, 0) is 59.3 Å². The van der Waals surface area contributed by atoms with Crippen LogP contribution in [0.1, 0.15) is 32.1 Å². The monoisotopic (exact) mass is 421 g/mol. The molecule has 2 unspecified atom stereocenters. The summed E-state index contributed by atoms with van der Waals surface area (Å²) in [5.74, 6) is 0.563. The van der Waals surface area contributed by atoms with Crippen LogP contribution in [0.4, 0.5) is 0 Å². The Hall–Kier alpha value is 0.0900. The topological polar surface area (TPSA) is 37.4 Å². The van der Waals surface area contributed by atoms with Gasteiger partial charge < -0.3 is 0 Å². The molecule has 3 nitrogen and oxygen atoms in total. The highest BCUT2D eigenvalue weighted by atomic mass is 79.9. The predicted molar refractivity (Wildman–Crippen MR) is 86.1 cm³/mol. The van der Waals surface area contributed by atoms with E-state index in [1.807, 2.05) is 0 Å². The smallest absolute Gasteiger partial charge is 0.207 e. The third-order valence-electron chi connectivity index (χ3n) is 4.44. The highest BCUT2D eigenvalue weighted by Crippen LogP contribution is 2.40. The lowest BCUT2D eigenvalue weighted by molar-refractivity contribution is 0.260. The standard InChI is InChI=1S/C14H17Br2NO2S/c15-11-5-6-14(12(16)9-11)20(18,19)17-8-7-10-3-1-2-4-13(10)17/h5-6,9-10,13H,1-4,7-8H2. The number of rotatable bonds is 2. The van der Waals surface area contributed by atoms with Crippen molar-refractivity contribution in [3.63, 3.8) is 0 Å². The summed E-state index contributed by atoms with van der Waals surface area (Å²) in [4.78, 5) is 0.381. The number of fused-ring (bicyclic) bond motifs is 1. The fourth-order valence-electron chi connectivity index (χ4n) is 3.47. The van der Waals surface area contributed by atoms with Crippen molar-refractivity contribution >= 4 is 41.9 Å². The van der Waals surface area contributed by atoms with Crippen molar-refractivity contribution < 1.29 is 8.42 Å². The molecule has 0 amide bonds. The quantitative estimate of drug-likeness (QED) is 0.717. The number of hydrogen-bond donors (Lipinski definition) is 0. The molecule has 110 valence electrons. The summed E-state index contributed by atoms with van der Waals surface area (Å²) in [5.41, 5.74) is 0. The Balaban J connectivity index is 1.95. The molecule has 20 heavy (non-hydrogen) atoms. The zero-order chi connectivity index (χ0) is 14.3. The van der Waals surface area contributed by atoms with Crippen LogP contribution in [0, 0.1) is 5.92 Å². The van der Waals surface area contributed by atoms with E-state index in [4.69, 9.17) is 0 Å². The molecule has 1 saturated heterocycles. The average Bonchev–Trinajstić information content (AvgIpc) is 2.82. The van der Waals surface area contributed by atoms with E-state index in [1.165, 1.54) is 12.8 Å². The molecule has 2 atom stereocenters. The minimum absolute atomic E-state index is 0.212. The molecule has 3 rings (SSSR count). The molecule has 0 aromatic heterocycles. The lowest BCUT2D eigenvalue weighted by atomic mass is 9.86. The average molecular weight is 423 g/mol. The van der Waals surface area contributed by atoms with Crippen molar-refractivity contribution in [2.75, 3.05) is 6.54 Å². The molecule has 1 saturated carbocycles. The maximum atomic E-state index is 12.9. The first-order valence-electron chi connectivity index (χ1n) is 6.97. The second kappa shape index (κ2) is 5.71. The van der Waals surface area contributed by atoms with Crippen molar-refractivity contribution in [3.05, 3.63) is 27.1 Å². The Morgan fingerprint density at radius 1 is 1.10 bits per heavy atom. The van der Waals surface area contributed by atoms with Crippen molar-refractivity contribution in [1.82, 2.24) is 4.31 Å². The largest absolute Gasteiger partial charge is 0.244 e. The van der Waals surface area contributed by atoms with Crippen LogP contribution in [-0.2, 0) is 10.0 Å². The summed E-state index contributed by atoms with van der Waals surface area (Å²) in [6, 6.07) is 5.47. The van der Waals surface area contributed by atoms with Crippen LogP contribution in [-0.4, -0.2) is 25.3 Å². The zero-order valence-corrected chi connectivity index (χ0v) is 15.0. The molecule has 0 spiro atoms. The van der Waals surface area contributed by atoms with E-state index >= 15 is 0 Å². The molecule has 0 N–H and O–H groups in total. The van der Waals surface area contributed by atoms with E-state index < -0.39 is 10.0 Å². The first-order chi connectivity index (χ1) is 9.50. The molecule has 1 aliphatic heterocycles. The summed E-state index contributed by atoms with van der Waals surface area (Å²) in [5, 5.41) is 0. The van der Waals surface area contributed by atoms with Crippen molar-refractivity contribution in [2.45, 2.75) is 43.0 Å². The fraction of sp³-hybridized carbons (Fsp3) is 0.571. The van der Waals surface area contributed by atoms with E-state index in [1.54, 1.807) is 22.5 Å². The predicted octanol–water partition coefficient (Wildman–Crippen LogP) is 4.16. The molecule has 1 aromatic carbocycles. The van der Waals surface area contributed by atoms with Crippen LogP contribution >= 0.6 is 31.9 Å². The van der Waals surface area contributed by atoms with Crippen molar-refractivity contribution in [3.8, 4) is 0 Å². The molecule has 1 aliphatic carbocycles. The number of halogens is 2. The molecule has 0 bridgehead atoms. The molecular weight excluding hydrogens is 406 g/mol. The molecule has 1 heterocycles. The van der Waals surface area contributed by atoms with Gasteiger partial charge >= 0.3 is 0 Å². The summed E-state index contributed by atoms with van der Waals surface area (Å²) in [6.07, 6.45) is 5.60. The van der Waals surface area contributed by atoms with Gasteiger partial charge in [0, 0.05) is 21.5 Å². The van der Waals surface area contributed by atoms with Crippen LogP contribution in [0.5, 0.6) is 0 Å². The van der Waals surface area contributed by atoms with Gasteiger partial charge in [-0.2, -0.15) is 4.31 Å². The number of hydrogen-bond acceptors (Lipinski definition) is 2. The van der Waals surface area contributed by atoms with E-state index in [2.05, 4.69) is 31.9 Å². The Bertz CT molecular complexity index is 618. The SMILES string of the molecule is O=S(=O)(c1ccc(Br)cc1Br)N1CCC2CCCCC21. The van der Waals surface area contributed by atoms with Crippen LogP contribution in [0.15, 0.2) is 32.0 Å². The lowest BCUT2D eigenvalue weighted by Crippen LogP contribution is -2.39. The second-order valence-electron chi connectivity index (χ2n) is 5.59. The van der Waals surface area contributed by atoms with E-state index in [9.17, 15) is 8.42 Å². The van der Waals surface area contributed by atoms with Crippen LogP contribution in [0.2, 0.25) is 0 Å². The van der Waals surface area contributed by atoms with Gasteiger partial charge in [0.2, 0.25) is 10.0 Å². The summed E-state index contributed by atoms with van der Waals surface area (Å²) in [7, 11) is -3.39. The van der Waals surface area contributed by atoms with Gasteiger partial charge in [-0.3, -0.25) is 0 Å². The Morgan fingerprint density at radius 2 is 1.85 bits per heavy atom. The highest BCUT2D eigenvalue weighted by molar-refractivity contribution is 9.11. The van der Waals surface area contributed by atoms with E-state index in [0.29, 0.717) is 21.8 Å². The first kappa shape index (κ1) is 15.0. The fourth-order valence-corrected chi connectivity index (χ4v) is 6.91. The van der Waals surface area contributed by atoms with Gasteiger partial charge in [0.25, 0.3) is 0 Å². The Labute approximate surface area is 137 Å². The minimum Gasteiger partial charge on any atom is -0.207 e. The number of sulfonamides is 1. The second-order valence-corrected chi connectivity index (χ2v) is 9.22. The van der Waals surface area contributed by atoms with Crippen LogP contribution < -0.4 is 0 Å². The third-order valence-corrected chi connectivity index (χ3v) is 7.83. The van der Waals surface area contributed by atoms with Gasteiger partial charge in [0.05, 0.1) is 4.90 Å². The van der Waals surface area contributed by atoms with Crippen molar-refractivity contribution in [2.24, 2.45) is 5.92 Å².